The van der Waals surface area contributed by atoms with Crippen molar-refractivity contribution in [3.8, 4) is 0 Å². The molecule has 0 bridgehead atoms. The Hall–Kier alpha value is -0.200. The molecule has 3 heterocycles. The highest BCUT2D eigenvalue weighted by Gasteiger charge is 2.59. The van der Waals surface area contributed by atoms with E-state index in [1.54, 1.807) is 0 Å². The molecule has 3 aliphatic heterocycles. The zero-order valence-corrected chi connectivity index (χ0v) is 10.9. The normalized spacial score (nSPS) is 51.0. The molecule has 3 rings (SSSR count). The Kier molecular flexibility index (Phi) is 2.39. The molecule has 0 spiro atoms. The van der Waals surface area contributed by atoms with Gasteiger partial charge in [0, 0.05) is 0 Å². The highest BCUT2D eigenvalue weighted by atomic mass is 16.9. The Balaban J connectivity index is 1.86. The highest BCUT2D eigenvalue weighted by Crippen LogP contribution is 2.43. The Morgan fingerprint density at radius 1 is 0.706 bits per heavy atom. The molecule has 0 aromatic heterocycles. The molecule has 0 aromatic rings. The van der Waals surface area contributed by atoms with Gasteiger partial charge in [-0.1, -0.05) is 0 Å². The fraction of sp³-hybridized carbons (Fsp3) is 1.00. The highest BCUT2D eigenvalue weighted by molar-refractivity contribution is 4.98. The Morgan fingerprint density at radius 3 is 1.94 bits per heavy atom. The van der Waals surface area contributed by atoms with Crippen molar-refractivity contribution in [1.29, 1.82) is 0 Å². The maximum absolute atomic E-state index is 5.92. The lowest BCUT2D eigenvalue weighted by molar-refractivity contribution is -0.229. The minimum absolute atomic E-state index is 0.0551. The van der Waals surface area contributed by atoms with Crippen LogP contribution in [0.25, 0.3) is 0 Å². The molecule has 0 aliphatic carbocycles. The quantitative estimate of drug-likeness (QED) is 0.644. The van der Waals surface area contributed by atoms with Crippen LogP contribution >= 0.6 is 0 Å². The summed E-state index contributed by atoms with van der Waals surface area (Å²) in [7, 11) is 0. The summed E-state index contributed by atoms with van der Waals surface area (Å²) < 4.78 is 29.2. The maximum atomic E-state index is 5.92. The molecule has 3 aliphatic rings. The minimum atomic E-state index is -0.625. The van der Waals surface area contributed by atoms with Gasteiger partial charge in [-0.2, -0.15) is 0 Å². The van der Waals surface area contributed by atoms with Crippen LogP contribution in [0.1, 0.15) is 34.6 Å². The van der Waals surface area contributed by atoms with E-state index in [4.69, 9.17) is 23.7 Å². The van der Waals surface area contributed by atoms with E-state index in [0.717, 1.165) is 0 Å². The van der Waals surface area contributed by atoms with Gasteiger partial charge in [0.15, 0.2) is 17.9 Å². The van der Waals surface area contributed by atoms with Gasteiger partial charge in [0.25, 0.3) is 0 Å². The summed E-state index contributed by atoms with van der Waals surface area (Å²) in [5.41, 5.74) is 0. The van der Waals surface area contributed by atoms with E-state index in [0.29, 0.717) is 0 Å². The first kappa shape index (κ1) is 11.9. The molecule has 5 nitrogen and oxygen atoms in total. The van der Waals surface area contributed by atoms with Gasteiger partial charge in [0.05, 0.1) is 6.10 Å². The second-order valence-corrected chi connectivity index (χ2v) is 5.87. The van der Waals surface area contributed by atoms with Crippen LogP contribution in [0, 0.1) is 0 Å². The molecule has 98 valence electrons. The van der Waals surface area contributed by atoms with E-state index in [-0.39, 0.29) is 30.7 Å². The summed E-state index contributed by atoms with van der Waals surface area (Å²) in [5, 5.41) is 0. The lowest BCUT2D eigenvalue weighted by Crippen LogP contribution is -2.53. The molecular weight excluding hydrogens is 224 g/mol. The lowest BCUT2D eigenvalue weighted by atomic mass is 10.0. The van der Waals surface area contributed by atoms with E-state index in [1.807, 2.05) is 34.6 Å². The average Bonchev–Trinajstić information content (AvgIpc) is 2.62. The van der Waals surface area contributed by atoms with Gasteiger partial charge in [-0.3, -0.25) is 0 Å². The molecule has 0 aromatic carbocycles. The molecule has 5 heteroatoms. The third-order valence-electron chi connectivity index (χ3n) is 3.39. The second kappa shape index (κ2) is 3.42. The Labute approximate surface area is 101 Å². The summed E-state index contributed by atoms with van der Waals surface area (Å²) in [6.07, 6.45) is -0.850. The maximum Gasteiger partial charge on any atom is 0.190 e. The molecule has 3 saturated heterocycles. The fourth-order valence-electron chi connectivity index (χ4n) is 2.81. The van der Waals surface area contributed by atoms with Crippen LogP contribution in [-0.2, 0) is 23.7 Å². The van der Waals surface area contributed by atoms with Crippen molar-refractivity contribution in [1.82, 2.24) is 0 Å². The van der Waals surface area contributed by atoms with E-state index in [9.17, 15) is 0 Å². The van der Waals surface area contributed by atoms with Crippen molar-refractivity contribution in [2.75, 3.05) is 0 Å². The standard InChI is InChI=1S/C12H20O5/c1-6-7-8(15-11(2,3)14-7)9-10(13-6)17-12(4,5)16-9/h6-10H,1-5H3/t6-,7-,8+,9+,10+/m1/s1. The molecule has 0 N–H and O–H groups in total. The molecule has 0 saturated carbocycles. The zero-order valence-electron chi connectivity index (χ0n) is 10.9. The SMILES string of the molecule is C[C@H]1O[C@H]2OC(C)(C)O[C@H]2[C@H]2OC(C)(C)O[C@@H]21. The van der Waals surface area contributed by atoms with Crippen molar-refractivity contribution >= 4 is 0 Å². The number of fused-ring (bicyclic) bond motifs is 3. The molecule has 0 unspecified atom stereocenters. The molecule has 3 fully saturated rings. The summed E-state index contributed by atoms with van der Waals surface area (Å²) in [4.78, 5) is 0. The monoisotopic (exact) mass is 244 g/mol. The van der Waals surface area contributed by atoms with Crippen LogP contribution in [0.15, 0.2) is 0 Å². The van der Waals surface area contributed by atoms with Crippen molar-refractivity contribution in [2.45, 2.75) is 76.9 Å². The summed E-state index contributed by atoms with van der Waals surface area (Å²) in [6, 6.07) is 0. The predicted molar refractivity (Wildman–Crippen MR) is 58.2 cm³/mol. The van der Waals surface area contributed by atoms with Gasteiger partial charge < -0.3 is 23.7 Å². The topological polar surface area (TPSA) is 46.2 Å². The van der Waals surface area contributed by atoms with E-state index in [2.05, 4.69) is 0 Å². The van der Waals surface area contributed by atoms with Gasteiger partial charge in [-0.15, -0.1) is 0 Å². The molecule has 5 atom stereocenters. The summed E-state index contributed by atoms with van der Waals surface area (Å²) >= 11 is 0. The minimum Gasteiger partial charge on any atom is -0.344 e. The van der Waals surface area contributed by atoms with Crippen molar-refractivity contribution < 1.29 is 23.7 Å². The smallest absolute Gasteiger partial charge is 0.190 e. The van der Waals surface area contributed by atoms with Gasteiger partial charge in [0.2, 0.25) is 0 Å². The number of ether oxygens (including phenoxy) is 5. The largest absolute Gasteiger partial charge is 0.344 e. The Morgan fingerprint density at radius 2 is 1.24 bits per heavy atom. The number of hydrogen-bond acceptors (Lipinski definition) is 5. The van der Waals surface area contributed by atoms with Crippen LogP contribution in [-0.4, -0.2) is 42.3 Å². The van der Waals surface area contributed by atoms with Crippen LogP contribution in [0.2, 0.25) is 0 Å². The molecule has 0 amide bonds. The van der Waals surface area contributed by atoms with E-state index >= 15 is 0 Å². The number of rotatable bonds is 0. The van der Waals surface area contributed by atoms with Crippen LogP contribution < -0.4 is 0 Å². The summed E-state index contributed by atoms with van der Waals surface area (Å²) in [5.74, 6) is -1.21. The van der Waals surface area contributed by atoms with E-state index < -0.39 is 11.6 Å². The lowest BCUT2D eigenvalue weighted by Gasteiger charge is -2.35. The molecular formula is C12H20O5. The first-order valence-electron chi connectivity index (χ1n) is 6.14. The van der Waals surface area contributed by atoms with Gasteiger partial charge in [0.1, 0.15) is 18.3 Å². The first-order valence-corrected chi connectivity index (χ1v) is 6.14. The van der Waals surface area contributed by atoms with Crippen LogP contribution in [0.5, 0.6) is 0 Å². The number of hydrogen-bond donors (Lipinski definition) is 0. The average molecular weight is 244 g/mol. The van der Waals surface area contributed by atoms with Crippen molar-refractivity contribution in [3.05, 3.63) is 0 Å². The third-order valence-corrected chi connectivity index (χ3v) is 3.39. The Bertz CT molecular complexity index is 327. The van der Waals surface area contributed by atoms with Crippen molar-refractivity contribution in [3.63, 3.8) is 0 Å². The van der Waals surface area contributed by atoms with Crippen molar-refractivity contribution in [2.24, 2.45) is 0 Å². The van der Waals surface area contributed by atoms with E-state index in [1.165, 1.54) is 0 Å². The van der Waals surface area contributed by atoms with Crippen LogP contribution in [0.3, 0.4) is 0 Å². The van der Waals surface area contributed by atoms with Crippen LogP contribution in [0.4, 0.5) is 0 Å². The van der Waals surface area contributed by atoms with Gasteiger partial charge in [-0.05, 0) is 34.6 Å². The van der Waals surface area contributed by atoms with Gasteiger partial charge in [-0.25, -0.2) is 0 Å². The molecule has 0 radical (unpaired) electrons. The first-order chi connectivity index (χ1) is 7.77. The predicted octanol–water partition coefficient (Wildman–Crippen LogP) is 1.40. The molecule has 17 heavy (non-hydrogen) atoms. The zero-order chi connectivity index (χ0) is 12.4. The fourth-order valence-corrected chi connectivity index (χ4v) is 2.81. The van der Waals surface area contributed by atoms with Gasteiger partial charge >= 0.3 is 0 Å². The second-order valence-electron chi connectivity index (χ2n) is 5.87. The summed E-state index contributed by atoms with van der Waals surface area (Å²) in [6.45, 7) is 9.57. The third kappa shape index (κ3) is 1.90.